The van der Waals surface area contributed by atoms with E-state index in [1.165, 1.54) is 37.6 Å². The van der Waals surface area contributed by atoms with Gasteiger partial charge in [-0.1, -0.05) is 24.3 Å². The van der Waals surface area contributed by atoms with Crippen molar-refractivity contribution in [1.82, 2.24) is 9.80 Å². The van der Waals surface area contributed by atoms with Gasteiger partial charge in [-0.05, 0) is 48.8 Å². The number of amides is 1. The highest BCUT2D eigenvalue weighted by Crippen LogP contribution is 2.52. The third kappa shape index (κ3) is 2.30. The van der Waals surface area contributed by atoms with Crippen LogP contribution in [0, 0.1) is 17.8 Å². The van der Waals surface area contributed by atoms with Crippen LogP contribution >= 0.6 is 0 Å². The normalized spacial score (nSPS) is 29.6. The van der Waals surface area contributed by atoms with E-state index in [2.05, 4.69) is 36.2 Å². The number of fused-ring (bicyclic) bond motifs is 2. The van der Waals surface area contributed by atoms with Crippen LogP contribution in [0.15, 0.2) is 24.3 Å². The van der Waals surface area contributed by atoms with E-state index in [4.69, 9.17) is 4.74 Å². The van der Waals surface area contributed by atoms with Crippen LogP contribution in [0.3, 0.4) is 0 Å². The minimum Gasteiger partial charge on any atom is -0.453 e. The van der Waals surface area contributed by atoms with Crippen LogP contribution in [0.5, 0.6) is 0 Å². The zero-order valence-electron chi connectivity index (χ0n) is 13.4. The van der Waals surface area contributed by atoms with Crippen molar-refractivity contribution in [3.8, 4) is 0 Å². The molecule has 2 aliphatic carbocycles. The molecule has 3 aliphatic rings. The lowest BCUT2D eigenvalue weighted by Crippen LogP contribution is -2.37. The smallest absolute Gasteiger partial charge is 0.409 e. The van der Waals surface area contributed by atoms with Crippen molar-refractivity contribution >= 4 is 6.09 Å². The molecule has 3 atom stereocenters. The first kappa shape index (κ1) is 14.1. The molecule has 1 saturated carbocycles. The Morgan fingerprint density at radius 2 is 1.82 bits per heavy atom. The Hall–Kier alpha value is -1.55. The van der Waals surface area contributed by atoms with Gasteiger partial charge in [0.1, 0.15) is 0 Å². The molecule has 4 nitrogen and oxygen atoms in total. The number of rotatable bonds is 3. The third-order valence-electron chi connectivity index (χ3n) is 5.96. The summed E-state index contributed by atoms with van der Waals surface area (Å²) in [5, 5.41) is 0. The zero-order chi connectivity index (χ0) is 15.3. The van der Waals surface area contributed by atoms with Gasteiger partial charge in [0.2, 0.25) is 0 Å². The van der Waals surface area contributed by atoms with Crippen LogP contribution in [0.4, 0.5) is 4.79 Å². The van der Waals surface area contributed by atoms with E-state index in [1.807, 2.05) is 4.90 Å². The van der Waals surface area contributed by atoms with Gasteiger partial charge in [0.05, 0.1) is 7.11 Å². The highest BCUT2D eigenvalue weighted by molar-refractivity contribution is 5.68. The molecule has 1 amide bonds. The number of carbonyl (C=O) groups is 1. The largest absolute Gasteiger partial charge is 0.453 e. The fourth-order valence-electron chi connectivity index (χ4n) is 4.53. The first-order valence-electron chi connectivity index (χ1n) is 8.27. The highest BCUT2D eigenvalue weighted by atomic mass is 16.5. The SMILES string of the molecule is COC(=O)N1C[C@@H]2C(CN(C)C3Cc4ccccc4C3)[C@@H]2C1. The Balaban J connectivity index is 1.29. The summed E-state index contributed by atoms with van der Waals surface area (Å²) < 4.78 is 4.81. The molecule has 0 N–H and O–H groups in total. The molecule has 1 saturated heterocycles. The predicted octanol–water partition coefficient (Wildman–Crippen LogP) is 2.03. The van der Waals surface area contributed by atoms with Gasteiger partial charge in [0.15, 0.2) is 0 Å². The summed E-state index contributed by atoms with van der Waals surface area (Å²) in [5.74, 6) is 2.17. The Morgan fingerprint density at radius 3 is 2.36 bits per heavy atom. The van der Waals surface area contributed by atoms with Crippen LogP contribution in [-0.4, -0.2) is 55.7 Å². The van der Waals surface area contributed by atoms with Crippen molar-refractivity contribution in [2.45, 2.75) is 18.9 Å². The second-order valence-corrected chi connectivity index (χ2v) is 7.14. The standard InChI is InChI=1S/C18H24N2O2/c1-19(14-7-12-5-3-4-6-13(12)8-14)9-15-16-10-20(11-17(15)16)18(21)22-2/h3-6,14-17H,7-11H2,1-2H3/t15?,16-,17+. The Kier molecular flexibility index (Phi) is 3.37. The lowest BCUT2D eigenvalue weighted by atomic mass is 10.1. The molecule has 1 aromatic rings. The topological polar surface area (TPSA) is 32.8 Å². The number of piperidine rings is 1. The molecule has 4 rings (SSSR count). The van der Waals surface area contributed by atoms with Gasteiger partial charge < -0.3 is 14.5 Å². The Bertz CT molecular complexity index is 551. The minimum absolute atomic E-state index is 0.162. The summed E-state index contributed by atoms with van der Waals surface area (Å²) in [4.78, 5) is 15.9. The van der Waals surface area contributed by atoms with Gasteiger partial charge in [0.25, 0.3) is 0 Å². The lowest BCUT2D eigenvalue weighted by molar-refractivity contribution is 0.124. The van der Waals surface area contributed by atoms with Crippen molar-refractivity contribution in [3.05, 3.63) is 35.4 Å². The van der Waals surface area contributed by atoms with E-state index in [0.29, 0.717) is 17.9 Å². The molecule has 1 aromatic carbocycles. The minimum atomic E-state index is -0.162. The van der Waals surface area contributed by atoms with Crippen molar-refractivity contribution in [2.24, 2.45) is 17.8 Å². The number of benzene rings is 1. The number of hydrogen-bond donors (Lipinski definition) is 0. The van der Waals surface area contributed by atoms with Crippen LogP contribution in [0.25, 0.3) is 0 Å². The van der Waals surface area contributed by atoms with Crippen LogP contribution in [0.1, 0.15) is 11.1 Å². The van der Waals surface area contributed by atoms with E-state index in [1.54, 1.807) is 0 Å². The van der Waals surface area contributed by atoms with Crippen molar-refractivity contribution in [2.75, 3.05) is 33.8 Å². The molecule has 0 bridgehead atoms. The summed E-state index contributed by atoms with van der Waals surface area (Å²) in [6.07, 6.45) is 2.21. The maximum atomic E-state index is 11.5. The van der Waals surface area contributed by atoms with E-state index in [0.717, 1.165) is 19.0 Å². The molecule has 1 unspecified atom stereocenters. The number of ether oxygens (including phenoxy) is 1. The van der Waals surface area contributed by atoms with Gasteiger partial charge in [-0.3, -0.25) is 0 Å². The summed E-state index contributed by atoms with van der Waals surface area (Å²) in [6.45, 7) is 2.95. The third-order valence-corrected chi connectivity index (χ3v) is 5.96. The Morgan fingerprint density at radius 1 is 1.23 bits per heavy atom. The van der Waals surface area contributed by atoms with E-state index >= 15 is 0 Å². The van der Waals surface area contributed by atoms with E-state index < -0.39 is 0 Å². The van der Waals surface area contributed by atoms with Gasteiger partial charge in [-0.2, -0.15) is 0 Å². The number of methoxy groups -OCH3 is 1. The average molecular weight is 300 g/mol. The highest BCUT2D eigenvalue weighted by Gasteiger charge is 2.57. The Labute approximate surface area is 132 Å². The van der Waals surface area contributed by atoms with Gasteiger partial charge in [0, 0.05) is 25.7 Å². The molecule has 0 aromatic heterocycles. The van der Waals surface area contributed by atoms with Gasteiger partial charge in [-0.25, -0.2) is 4.79 Å². The molecule has 22 heavy (non-hydrogen) atoms. The summed E-state index contributed by atoms with van der Waals surface area (Å²) in [5.41, 5.74) is 3.04. The second kappa shape index (κ2) is 5.27. The second-order valence-electron chi connectivity index (χ2n) is 7.14. The number of likely N-dealkylation sites (tertiary alicyclic amines) is 1. The number of likely N-dealkylation sites (N-methyl/N-ethyl adjacent to an activating group) is 1. The lowest BCUT2D eigenvalue weighted by Gasteiger charge is -2.26. The molecule has 4 heteroatoms. The van der Waals surface area contributed by atoms with Crippen LogP contribution in [-0.2, 0) is 17.6 Å². The van der Waals surface area contributed by atoms with Gasteiger partial charge >= 0.3 is 6.09 Å². The van der Waals surface area contributed by atoms with E-state index in [9.17, 15) is 4.79 Å². The molecule has 0 radical (unpaired) electrons. The number of carbonyl (C=O) groups excluding carboxylic acids is 1. The van der Waals surface area contributed by atoms with Crippen LogP contribution < -0.4 is 0 Å². The predicted molar refractivity (Wildman–Crippen MR) is 84.7 cm³/mol. The fraction of sp³-hybridized carbons (Fsp3) is 0.611. The van der Waals surface area contributed by atoms with E-state index in [-0.39, 0.29) is 6.09 Å². The van der Waals surface area contributed by atoms with Crippen molar-refractivity contribution in [3.63, 3.8) is 0 Å². The molecule has 1 heterocycles. The zero-order valence-corrected chi connectivity index (χ0v) is 13.4. The van der Waals surface area contributed by atoms with Crippen molar-refractivity contribution < 1.29 is 9.53 Å². The van der Waals surface area contributed by atoms with Gasteiger partial charge in [-0.15, -0.1) is 0 Å². The maximum absolute atomic E-state index is 11.5. The monoisotopic (exact) mass is 300 g/mol. The van der Waals surface area contributed by atoms with Crippen LogP contribution in [0.2, 0.25) is 0 Å². The summed E-state index contributed by atoms with van der Waals surface area (Å²) >= 11 is 0. The summed E-state index contributed by atoms with van der Waals surface area (Å²) in [7, 11) is 3.73. The number of nitrogens with zero attached hydrogens (tertiary/aromatic N) is 2. The summed E-state index contributed by atoms with van der Waals surface area (Å²) in [6, 6.07) is 9.48. The van der Waals surface area contributed by atoms with Crippen molar-refractivity contribution in [1.29, 1.82) is 0 Å². The maximum Gasteiger partial charge on any atom is 0.409 e. The quantitative estimate of drug-likeness (QED) is 0.856. The average Bonchev–Trinajstić information content (AvgIpc) is 2.96. The fourth-order valence-corrected chi connectivity index (χ4v) is 4.53. The molecular weight excluding hydrogens is 276 g/mol. The number of hydrogen-bond acceptors (Lipinski definition) is 3. The molecule has 0 spiro atoms. The first-order chi connectivity index (χ1) is 10.7. The molecule has 2 fully saturated rings. The molecule has 1 aliphatic heterocycles. The molecule has 118 valence electrons. The molecular formula is C18H24N2O2. The first-order valence-corrected chi connectivity index (χ1v) is 8.27.